The predicted molar refractivity (Wildman–Crippen MR) is 67.5 cm³/mol. The maximum absolute atomic E-state index is 11.6. The van der Waals surface area contributed by atoms with E-state index in [4.69, 9.17) is 10.2 Å². The minimum absolute atomic E-state index is 0.0616. The summed E-state index contributed by atoms with van der Waals surface area (Å²) in [6.45, 7) is 5.52. The van der Waals surface area contributed by atoms with Gasteiger partial charge in [-0.05, 0) is 30.5 Å². The lowest BCUT2D eigenvalue weighted by Gasteiger charge is -2.24. The van der Waals surface area contributed by atoms with Crippen LogP contribution in [-0.2, 0) is 11.2 Å². The molecule has 0 fully saturated rings. The highest BCUT2D eigenvalue weighted by atomic mass is 16.3. The molecule has 0 aromatic carbocycles. The first-order chi connectivity index (χ1) is 8.03. The van der Waals surface area contributed by atoms with Gasteiger partial charge < -0.3 is 15.5 Å². The quantitative estimate of drug-likeness (QED) is 0.759. The molecule has 0 aliphatic rings. The van der Waals surface area contributed by atoms with E-state index in [1.165, 1.54) is 0 Å². The highest BCUT2D eigenvalue weighted by Crippen LogP contribution is 2.17. The second-order valence-corrected chi connectivity index (χ2v) is 5.06. The van der Waals surface area contributed by atoms with E-state index in [0.717, 1.165) is 12.2 Å². The molecular weight excluding hydrogens is 216 g/mol. The van der Waals surface area contributed by atoms with Crippen LogP contribution < -0.4 is 11.1 Å². The number of carbonyl (C=O) groups excluding carboxylic acids is 1. The van der Waals surface area contributed by atoms with Crippen LogP contribution in [0.4, 0.5) is 0 Å². The fourth-order valence-corrected chi connectivity index (χ4v) is 1.60. The molecule has 0 aliphatic carbocycles. The van der Waals surface area contributed by atoms with E-state index in [1.54, 1.807) is 6.26 Å². The van der Waals surface area contributed by atoms with E-state index in [9.17, 15) is 4.79 Å². The van der Waals surface area contributed by atoms with Crippen molar-refractivity contribution in [3.63, 3.8) is 0 Å². The van der Waals surface area contributed by atoms with Crippen molar-refractivity contribution in [1.29, 1.82) is 0 Å². The van der Waals surface area contributed by atoms with Crippen LogP contribution in [0.15, 0.2) is 22.8 Å². The van der Waals surface area contributed by atoms with E-state index < -0.39 is 0 Å². The second kappa shape index (κ2) is 6.45. The smallest absolute Gasteiger partial charge is 0.220 e. The molecule has 0 radical (unpaired) electrons. The molecule has 1 aromatic rings. The Kier molecular flexibility index (Phi) is 5.22. The molecule has 0 unspecified atom stereocenters. The summed E-state index contributed by atoms with van der Waals surface area (Å²) < 4.78 is 5.17. The van der Waals surface area contributed by atoms with Crippen LogP contribution >= 0.6 is 0 Å². The Morgan fingerprint density at radius 2 is 2.29 bits per heavy atom. The van der Waals surface area contributed by atoms with Crippen LogP contribution in [-0.4, -0.2) is 19.0 Å². The van der Waals surface area contributed by atoms with Crippen LogP contribution in [0.1, 0.15) is 32.4 Å². The van der Waals surface area contributed by atoms with Gasteiger partial charge in [-0.1, -0.05) is 13.8 Å². The summed E-state index contributed by atoms with van der Waals surface area (Å²) in [7, 11) is 0. The van der Waals surface area contributed by atoms with Crippen molar-refractivity contribution in [2.45, 2.75) is 33.1 Å². The fraction of sp³-hybridized carbons (Fsp3) is 0.615. The van der Waals surface area contributed by atoms with E-state index in [-0.39, 0.29) is 11.3 Å². The zero-order valence-corrected chi connectivity index (χ0v) is 10.7. The molecule has 17 heavy (non-hydrogen) atoms. The summed E-state index contributed by atoms with van der Waals surface area (Å²) in [5.74, 6) is 0.910. The minimum Gasteiger partial charge on any atom is -0.469 e. The van der Waals surface area contributed by atoms with Crippen LogP contribution in [0, 0.1) is 5.41 Å². The molecule has 0 aliphatic heterocycles. The average Bonchev–Trinajstić information content (AvgIpc) is 2.76. The van der Waals surface area contributed by atoms with Gasteiger partial charge in [0, 0.05) is 19.4 Å². The largest absolute Gasteiger partial charge is 0.469 e. The third-order valence-electron chi connectivity index (χ3n) is 2.76. The monoisotopic (exact) mass is 238 g/mol. The SMILES string of the molecule is CC(C)(CCN)CNC(=O)CCc1ccco1. The number of hydrogen-bond acceptors (Lipinski definition) is 3. The zero-order chi connectivity index (χ0) is 12.7. The van der Waals surface area contributed by atoms with Gasteiger partial charge in [0.15, 0.2) is 0 Å². The predicted octanol–water partition coefficient (Wildman–Crippen LogP) is 1.70. The van der Waals surface area contributed by atoms with Crippen molar-refractivity contribution in [3.05, 3.63) is 24.2 Å². The first-order valence-electron chi connectivity index (χ1n) is 6.03. The molecule has 96 valence electrons. The number of amides is 1. The number of nitrogens with two attached hydrogens (primary N) is 1. The zero-order valence-electron chi connectivity index (χ0n) is 10.7. The topological polar surface area (TPSA) is 68.3 Å². The minimum atomic E-state index is 0.0616. The Hall–Kier alpha value is -1.29. The summed E-state index contributed by atoms with van der Waals surface area (Å²) in [5, 5.41) is 2.93. The summed E-state index contributed by atoms with van der Waals surface area (Å²) in [5.41, 5.74) is 5.58. The molecule has 0 spiro atoms. The van der Waals surface area contributed by atoms with Gasteiger partial charge in [0.25, 0.3) is 0 Å². The lowest BCUT2D eigenvalue weighted by atomic mass is 9.89. The van der Waals surface area contributed by atoms with Gasteiger partial charge in [-0.2, -0.15) is 0 Å². The molecule has 0 bridgehead atoms. The maximum Gasteiger partial charge on any atom is 0.220 e. The fourth-order valence-electron chi connectivity index (χ4n) is 1.60. The first-order valence-corrected chi connectivity index (χ1v) is 6.03. The summed E-state index contributed by atoms with van der Waals surface area (Å²) in [6, 6.07) is 3.71. The summed E-state index contributed by atoms with van der Waals surface area (Å²) in [6.07, 6.45) is 3.64. The van der Waals surface area contributed by atoms with E-state index >= 15 is 0 Å². The molecular formula is C13H22N2O2. The van der Waals surface area contributed by atoms with Crippen LogP contribution in [0.25, 0.3) is 0 Å². The van der Waals surface area contributed by atoms with Gasteiger partial charge in [-0.15, -0.1) is 0 Å². The van der Waals surface area contributed by atoms with Crippen molar-refractivity contribution in [1.82, 2.24) is 5.32 Å². The van der Waals surface area contributed by atoms with Gasteiger partial charge in [0.05, 0.1) is 6.26 Å². The number of rotatable bonds is 7. The molecule has 1 rings (SSSR count). The lowest BCUT2D eigenvalue weighted by molar-refractivity contribution is -0.121. The molecule has 1 amide bonds. The Balaban J connectivity index is 2.21. The summed E-state index contributed by atoms with van der Waals surface area (Å²) >= 11 is 0. The first kappa shape index (κ1) is 13.8. The number of carbonyl (C=O) groups is 1. The Labute approximate surface area is 103 Å². The Morgan fingerprint density at radius 3 is 2.88 bits per heavy atom. The molecule has 0 saturated carbocycles. The van der Waals surface area contributed by atoms with Crippen LogP contribution in [0.2, 0.25) is 0 Å². The van der Waals surface area contributed by atoms with Gasteiger partial charge >= 0.3 is 0 Å². The standard InChI is InChI=1S/C13H22N2O2/c1-13(2,7-8-14)10-15-12(16)6-5-11-4-3-9-17-11/h3-4,9H,5-8,10,14H2,1-2H3,(H,15,16). The van der Waals surface area contributed by atoms with E-state index in [2.05, 4.69) is 19.2 Å². The second-order valence-electron chi connectivity index (χ2n) is 5.06. The van der Waals surface area contributed by atoms with Gasteiger partial charge in [0.2, 0.25) is 5.91 Å². The van der Waals surface area contributed by atoms with Gasteiger partial charge in [0.1, 0.15) is 5.76 Å². The molecule has 1 heterocycles. The van der Waals surface area contributed by atoms with Gasteiger partial charge in [-0.25, -0.2) is 0 Å². The third-order valence-corrected chi connectivity index (χ3v) is 2.76. The normalized spacial score (nSPS) is 11.5. The Bertz CT molecular complexity index is 331. The number of hydrogen-bond donors (Lipinski definition) is 2. The van der Waals surface area contributed by atoms with Crippen LogP contribution in [0.5, 0.6) is 0 Å². The van der Waals surface area contributed by atoms with Crippen LogP contribution in [0.3, 0.4) is 0 Å². The summed E-state index contributed by atoms with van der Waals surface area (Å²) in [4.78, 5) is 11.6. The molecule has 0 atom stereocenters. The van der Waals surface area contributed by atoms with Crippen molar-refractivity contribution < 1.29 is 9.21 Å². The van der Waals surface area contributed by atoms with Crippen molar-refractivity contribution >= 4 is 5.91 Å². The molecule has 1 aromatic heterocycles. The molecule has 4 nitrogen and oxygen atoms in total. The molecule has 3 N–H and O–H groups in total. The van der Waals surface area contributed by atoms with E-state index in [0.29, 0.717) is 25.9 Å². The van der Waals surface area contributed by atoms with Crippen molar-refractivity contribution in [2.24, 2.45) is 11.1 Å². The maximum atomic E-state index is 11.6. The highest BCUT2D eigenvalue weighted by Gasteiger charge is 2.17. The number of nitrogens with one attached hydrogen (secondary N) is 1. The number of furan rings is 1. The van der Waals surface area contributed by atoms with Crippen molar-refractivity contribution in [2.75, 3.05) is 13.1 Å². The average molecular weight is 238 g/mol. The molecule has 4 heteroatoms. The molecule has 0 saturated heterocycles. The van der Waals surface area contributed by atoms with Gasteiger partial charge in [-0.3, -0.25) is 4.79 Å². The van der Waals surface area contributed by atoms with Crippen molar-refractivity contribution in [3.8, 4) is 0 Å². The van der Waals surface area contributed by atoms with E-state index in [1.807, 2.05) is 12.1 Å². The lowest BCUT2D eigenvalue weighted by Crippen LogP contribution is -2.35. The number of aryl methyl sites for hydroxylation is 1. The Morgan fingerprint density at radius 1 is 1.53 bits per heavy atom. The third kappa shape index (κ3) is 5.54. The highest BCUT2D eigenvalue weighted by molar-refractivity contribution is 5.76.